The van der Waals surface area contributed by atoms with Crippen LogP contribution in [0, 0.1) is 5.95 Å². The summed E-state index contributed by atoms with van der Waals surface area (Å²) in [6.45, 7) is 5.07. The fourth-order valence-corrected chi connectivity index (χ4v) is 2.39. The number of nitrogens with one attached hydrogen (secondary N) is 1. The Morgan fingerprint density at radius 1 is 1.42 bits per heavy atom. The Bertz CT molecular complexity index is 415. The smallest absolute Gasteiger partial charge is 0.253 e. The van der Waals surface area contributed by atoms with Crippen LogP contribution < -0.4 is 5.32 Å². The molecule has 1 aliphatic rings. The molecule has 1 aromatic heterocycles. The Hall–Kier alpha value is -1.49. The summed E-state index contributed by atoms with van der Waals surface area (Å²) in [6.07, 6.45) is 5.04. The van der Waals surface area contributed by atoms with Gasteiger partial charge < -0.3 is 10.2 Å². The van der Waals surface area contributed by atoms with Crippen LogP contribution in [0.3, 0.4) is 0 Å². The van der Waals surface area contributed by atoms with E-state index in [4.69, 9.17) is 0 Å². The molecular formula is C14H20FN3O. The fraction of sp³-hybridized carbons (Fsp3) is 0.571. The number of piperidine rings is 1. The van der Waals surface area contributed by atoms with Crippen molar-refractivity contribution in [3.8, 4) is 0 Å². The average Bonchev–Trinajstić information content (AvgIpc) is 2.40. The predicted molar refractivity (Wildman–Crippen MR) is 71.4 cm³/mol. The van der Waals surface area contributed by atoms with Crippen molar-refractivity contribution in [3.05, 3.63) is 29.8 Å². The van der Waals surface area contributed by atoms with Gasteiger partial charge in [-0.15, -0.1) is 0 Å². The highest BCUT2D eigenvalue weighted by Gasteiger charge is 2.15. The summed E-state index contributed by atoms with van der Waals surface area (Å²) < 4.78 is 12.7. The van der Waals surface area contributed by atoms with E-state index < -0.39 is 5.95 Å². The number of hydrogen-bond acceptors (Lipinski definition) is 3. The SMILES string of the molecule is CC(CN1CCCCC1)NC(=O)c1ccc(F)nc1. The van der Waals surface area contributed by atoms with Crippen molar-refractivity contribution in [3.63, 3.8) is 0 Å². The Kier molecular flexibility index (Phi) is 4.85. The number of aromatic nitrogens is 1. The van der Waals surface area contributed by atoms with Crippen molar-refractivity contribution >= 4 is 5.91 Å². The Labute approximate surface area is 113 Å². The second-order valence-electron chi connectivity index (χ2n) is 5.11. The normalized spacial score (nSPS) is 18.0. The van der Waals surface area contributed by atoms with Gasteiger partial charge in [0.2, 0.25) is 5.95 Å². The maximum Gasteiger partial charge on any atom is 0.253 e. The largest absolute Gasteiger partial charge is 0.348 e. The van der Waals surface area contributed by atoms with E-state index in [9.17, 15) is 9.18 Å². The van der Waals surface area contributed by atoms with Crippen LogP contribution in [0.4, 0.5) is 4.39 Å². The second-order valence-corrected chi connectivity index (χ2v) is 5.11. The van der Waals surface area contributed by atoms with Crippen LogP contribution in [0.1, 0.15) is 36.5 Å². The molecule has 1 atom stereocenters. The molecule has 1 aliphatic heterocycles. The molecule has 4 nitrogen and oxygen atoms in total. The van der Waals surface area contributed by atoms with Gasteiger partial charge >= 0.3 is 0 Å². The first kappa shape index (κ1) is 13.9. The number of hydrogen-bond donors (Lipinski definition) is 1. The monoisotopic (exact) mass is 265 g/mol. The third-order valence-corrected chi connectivity index (χ3v) is 3.35. The molecule has 19 heavy (non-hydrogen) atoms. The topological polar surface area (TPSA) is 45.2 Å². The molecule has 1 aromatic rings. The highest BCUT2D eigenvalue weighted by Crippen LogP contribution is 2.09. The molecule has 1 unspecified atom stereocenters. The Morgan fingerprint density at radius 2 is 2.16 bits per heavy atom. The van der Waals surface area contributed by atoms with Gasteiger partial charge in [-0.25, -0.2) is 4.98 Å². The summed E-state index contributed by atoms with van der Waals surface area (Å²) in [7, 11) is 0. The van der Waals surface area contributed by atoms with Gasteiger partial charge in [0, 0.05) is 18.8 Å². The number of nitrogens with zero attached hydrogens (tertiary/aromatic N) is 2. The molecule has 1 amide bonds. The first-order chi connectivity index (χ1) is 9.15. The minimum absolute atomic E-state index is 0.0793. The number of carbonyl (C=O) groups excluding carboxylic acids is 1. The molecule has 1 fully saturated rings. The summed E-state index contributed by atoms with van der Waals surface area (Å²) in [6, 6.07) is 2.73. The first-order valence-electron chi connectivity index (χ1n) is 6.80. The van der Waals surface area contributed by atoms with Crippen LogP contribution in [0.25, 0.3) is 0 Å². The van der Waals surface area contributed by atoms with Crippen molar-refractivity contribution in [1.82, 2.24) is 15.2 Å². The van der Waals surface area contributed by atoms with E-state index in [0.717, 1.165) is 19.6 Å². The van der Waals surface area contributed by atoms with E-state index in [1.807, 2.05) is 6.92 Å². The Morgan fingerprint density at radius 3 is 2.79 bits per heavy atom. The average molecular weight is 265 g/mol. The van der Waals surface area contributed by atoms with Gasteiger partial charge in [-0.2, -0.15) is 4.39 Å². The van der Waals surface area contributed by atoms with Crippen LogP contribution in [0.5, 0.6) is 0 Å². The highest BCUT2D eigenvalue weighted by molar-refractivity contribution is 5.93. The molecule has 0 saturated carbocycles. The zero-order valence-corrected chi connectivity index (χ0v) is 11.2. The van der Waals surface area contributed by atoms with Gasteiger partial charge in [-0.1, -0.05) is 6.42 Å². The zero-order valence-electron chi connectivity index (χ0n) is 11.2. The van der Waals surface area contributed by atoms with E-state index in [1.165, 1.54) is 37.6 Å². The standard InChI is InChI=1S/C14H20FN3O/c1-11(10-18-7-3-2-4-8-18)17-14(19)12-5-6-13(15)16-9-12/h5-6,9,11H,2-4,7-8,10H2,1H3,(H,17,19). The zero-order chi connectivity index (χ0) is 13.7. The number of halogens is 1. The lowest BCUT2D eigenvalue weighted by atomic mass is 10.1. The predicted octanol–water partition coefficient (Wildman–Crippen LogP) is 1.82. The summed E-state index contributed by atoms with van der Waals surface area (Å²) >= 11 is 0. The molecule has 2 heterocycles. The molecule has 104 valence electrons. The maximum absolute atomic E-state index is 12.7. The van der Waals surface area contributed by atoms with Gasteiger partial charge in [-0.05, 0) is 45.0 Å². The molecule has 1 N–H and O–H groups in total. The number of carbonyl (C=O) groups is 1. The van der Waals surface area contributed by atoms with E-state index in [2.05, 4.69) is 15.2 Å². The molecule has 0 spiro atoms. The number of likely N-dealkylation sites (tertiary alicyclic amines) is 1. The summed E-state index contributed by atoms with van der Waals surface area (Å²) in [5.74, 6) is -0.769. The number of rotatable bonds is 4. The van der Waals surface area contributed by atoms with Gasteiger partial charge in [0.05, 0.1) is 5.56 Å². The summed E-state index contributed by atoms with van der Waals surface area (Å²) in [4.78, 5) is 17.8. The minimum Gasteiger partial charge on any atom is -0.348 e. The lowest BCUT2D eigenvalue weighted by molar-refractivity contribution is 0.0925. The van der Waals surface area contributed by atoms with Crippen molar-refractivity contribution in [2.24, 2.45) is 0 Å². The fourth-order valence-electron chi connectivity index (χ4n) is 2.39. The molecule has 0 radical (unpaired) electrons. The summed E-state index contributed by atoms with van der Waals surface area (Å²) in [5, 5.41) is 2.92. The third-order valence-electron chi connectivity index (χ3n) is 3.35. The third kappa shape index (κ3) is 4.28. The number of amides is 1. The van der Waals surface area contributed by atoms with Crippen molar-refractivity contribution in [1.29, 1.82) is 0 Å². The van der Waals surface area contributed by atoms with E-state index in [1.54, 1.807) is 0 Å². The molecule has 0 aromatic carbocycles. The van der Waals surface area contributed by atoms with Crippen LogP contribution in [-0.2, 0) is 0 Å². The van der Waals surface area contributed by atoms with Crippen LogP contribution in [0.2, 0.25) is 0 Å². The first-order valence-corrected chi connectivity index (χ1v) is 6.80. The van der Waals surface area contributed by atoms with Gasteiger partial charge in [0.25, 0.3) is 5.91 Å². The molecular weight excluding hydrogens is 245 g/mol. The quantitative estimate of drug-likeness (QED) is 0.845. The molecule has 5 heteroatoms. The van der Waals surface area contributed by atoms with Gasteiger partial charge in [0.1, 0.15) is 0 Å². The van der Waals surface area contributed by atoms with Crippen LogP contribution in [0.15, 0.2) is 18.3 Å². The number of pyridine rings is 1. The highest BCUT2D eigenvalue weighted by atomic mass is 19.1. The lowest BCUT2D eigenvalue weighted by Crippen LogP contribution is -2.43. The molecule has 0 aliphatic carbocycles. The van der Waals surface area contributed by atoms with Gasteiger partial charge in [-0.3, -0.25) is 4.79 Å². The van der Waals surface area contributed by atoms with Crippen LogP contribution >= 0.6 is 0 Å². The summed E-state index contributed by atoms with van der Waals surface area (Å²) in [5.41, 5.74) is 0.395. The second kappa shape index (κ2) is 6.61. The van der Waals surface area contributed by atoms with Crippen molar-refractivity contribution in [2.75, 3.05) is 19.6 Å². The van der Waals surface area contributed by atoms with Crippen molar-refractivity contribution < 1.29 is 9.18 Å². The lowest BCUT2D eigenvalue weighted by Gasteiger charge is -2.29. The minimum atomic E-state index is -0.571. The van der Waals surface area contributed by atoms with E-state index in [0.29, 0.717) is 5.56 Å². The van der Waals surface area contributed by atoms with E-state index in [-0.39, 0.29) is 11.9 Å². The molecule has 1 saturated heterocycles. The van der Waals surface area contributed by atoms with E-state index >= 15 is 0 Å². The molecule has 2 rings (SSSR count). The van der Waals surface area contributed by atoms with Crippen molar-refractivity contribution in [2.45, 2.75) is 32.2 Å². The Balaban J connectivity index is 1.82. The van der Waals surface area contributed by atoms with Gasteiger partial charge in [0.15, 0.2) is 0 Å². The molecule has 0 bridgehead atoms. The maximum atomic E-state index is 12.7. The van der Waals surface area contributed by atoms with Crippen LogP contribution in [-0.4, -0.2) is 41.5 Å².